The number of ether oxygens (including phenoxy) is 1. The molecule has 0 radical (unpaired) electrons. The minimum Gasteiger partial charge on any atom is -0.376 e. The van der Waals surface area contributed by atoms with E-state index in [1.807, 2.05) is 18.7 Å². The Morgan fingerprint density at radius 3 is 2.75 bits per heavy atom. The van der Waals surface area contributed by atoms with Gasteiger partial charge in [0.1, 0.15) is 0 Å². The third-order valence-electron chi connectivity index (χ3n) is 3.45. The van der Waals surface area contributed by atoms with Crippen molar-refractivity contribution >= 4 is 5.91 Å². The zero-order chi connectivity index (χ0) is 11.5. The predicted octanol–water partition coefficient (Wildman–Crippen LogP) is 2.06. The molecule has 1 unspecified atom stereocenters. The fourth-order valence-electron chi connectivity index (χ4n) is 2.20. The smallest absolute Gasteiger partial charge is 0.225 e. The number of amides is 1. The summed E-state index contributed by atoms with van der Waals surface area (Å²) in [7, 11) is 0. The highest BCUT2D eigenvalue weighted by Crippen LogP contribution is 2.30. The molecule has 16 heavy (non-hydrogen) atoms. The molecule has 1 saturated heterocycles. The van der Waals surface area contributed by atoms with Crippen molar-refractivity contribution < 1.29 is 9.53 Å². The van der Waals surface area contributed by atoms with E-state index in [2.05, 4.69) is 0 Å². The van der Waals surface area contributed by atoms with Crippen molar-refractivity contribution in [3.05, 3.63) is 0 Å². The van der Waals surface area contributed by atoms with Crippen LogP contribution in [0.25, 0.3) is 0 Å². The first-order valence-electron chi connectivity index (χ1n) is 6.57. The van der Waals surface area contributed by atoms with Crippen LogP contribution in [-0.2, 0) is 9.53 Å². The van der Waals surface area contributed by atoms with Gasteiger partial charge in [0.2, 0.25) is 5.91 Å². The number of nitrogens with zero attached hydrogens (tertiary/aromatic N) is 1. The lowest BCUT2D eigenvalue weighted by atomic mass is 10.1. The molecule has 2 aliphatic rings. The Hall–Kier alpha value is -0.570. The van der Waals surface area contributed by atoms with Gasteiger partial charge in [0, 0.05) is 25.6 Å². The predicted molar refractivity (Wildman–Crippen MR) is 63.1 cm³/mol. The SMILES string of the molecule is CC(C)C(=O)N1CCCC(OCC2CC2)C1. The molecule has 1 saturated carbocycles. The van der Waals surface area contributed by atoms with E-state index in [0.29, 0.717) is 0 Å². The summed E-state index contributed by atoms with van der Waals surface area (Å²) >= 11 is 0. The van der Waals surface area contributed by atoms with Gasteiger partial charge >= 0.3 is 0 Å². The Labute approximate surface area is 98.1 Å². The third kappa shape index (κ3) is 3.21. The van der Waals surface area contributed by atoms with Crippen molar-refractivity contribution in [1.82, 2.24) is 4.90 Å². The van der Waals surface area contributed by atoms with E-state index in [4.69, 9.17) is 4.74 Å². The average Bonchev–Trinajstić information content (AvgIpc) is 3.09. The molecule has 2 rings (SSSR count). The van der Waals surface area contributed by atoms with Gasteiger partial charge in [-0.25, -0.2) is 0 Å². The molecule has 0 aromatic carbocycles. The standard InChI is InChI=1S/C13H23NO2/c1-10(2)13(15)14-7-3-4-12(8-14)16-9-11-5-6-11/h10-12H,3-9H2,1-2H3. The van der Waals surface area contributed by atoms with Crippen LogP contribution in [0.4, 0.5) is 0 Å². The molecule has 0 spiro atoms. The lowest BCUT2D eigenvalue weighted by Gasteiger charge is -2.33. The quantitative estimate of drug-likeness (QED) is 0.733. The Morgan fingerprint density at radius 2 is 2.12 bits per heavy atom. The summed E-state index contributed by atoms with van der Waals surface area (Å²) in [4.78, 5) is 13.8. The average molecular weight is 225 g/mol. The molecule has 1 aliphatic heterocycles. The first-order chi connectivity index (χ1) is 7.66. The van der Waals surface area contributed by atoms with E-state index in [9.17, 15) is 4.79 Å². The lowest BCUT2D eigenvalue weighted by Crippen LogP contribution is -2.45. The second-order valence-corrected chi connectivity index (χ2v) is 5.48. The summed E-state index contributed by atoms with van der Waals surface area (Å²) in [5.74, 6) is 1.21. The Kier molecular flexibility index (Phi) is 3.85. The van der Waals surface area contributed by atoms with Crippen molar-refractivity contribution in [3.63, 3.8) is 0 Å². The van der Waals surface area contributed by atoms with E-state index in [1.54, 1.807) is 0 Å². The van der Waals surface area contributed by atoms with E-state index >= 15 is 0 Å². The summed E-state index contributed by atoms with van der Waals surface area (Å²) in [6.07, 6.45) is 5.17. The molecule has 0 N–H and O–H groups in total. The van der Waals surface area contributed by atoms with E-state index in [1.165, 1.54) is 12.8 Å². The van der Waals surface area contributed by atoms with Crippen LogP contribution in [-0.4, -0.2) is 36.6 Å². The normalized spacial score (nSPS) is 26.2. The molecule has 1 amide bonds. The Morgan fingerprint density at radius 1 is 1.38 bits per heavy atom. The molecule has 2 fully saturated rings. The van der Waals surface area contributed by atoms with Gasteiger partial charge < -0.3 is 9.64 Å². The van der Waals surface area contributed by atoms with Crippen LogP contribution >= 0.6 is 0 Å². The fourth-order valence-corrected chi connectivity index (χ4v) is 2.20. The zero-order valence-corrected chi connectivity index (χ0v) is 10.4. The van der Waals surface area contributed by atoms with E-state index in [-0.39, 0.29) is 17.9 Å². The highest BCUT2D eigenvalue weighted by Gasteiger charge is 2.28. The Balaban J connectivity index is 1.76. The first kappa shape index (κ1) is 11.9. The van der Waals surface area contributed by atoms with Crippen LogP contribution in [0.3, 0.4) is 0 Å². The monoisotopic (exact) mass is 225 g/mol. The second kappa shape index (κ2) is 5.17. The first-order valence-corrected chi connectivity index (χ1v) is 6.57. The van der Waals surface area contributed by atoms with Crippen molar-refractivity contribution in [3.8, 4) is 0 Å². The van der Waals surface area contributed by atoms with Crippen LogP contribution in [0.15, 0.2) is 0 Å². The molecule has 1 aliphatic carbocycles. The lowest BCUT2D eigenvalue weighted by molar-refractivity contribution is -0.138. The topological polar surface area (TPSA) is 29.5 Å². The van der Waals surface area contributed by atoms with Crippen LogP contribution in [0.5, 0.6) is 0 Å². The molecule has 3 heteroatoms. The number of likely N-dealkylation sites (tertiary alicyclic amines) is 1. The largest absolute Gasteiger partial charge is 0.376 e. The van der Waals surface area contributed by atoms with E-state index < -0.39 is 0 Å². The molecule has 0 aromatic heterocycles. The number of hydrogen-bond donors (Lipinski definition) is 0. The molecule has 1 heterocycles. The molecule has 0 bridgehead atoms. The molecule has 0 aromatic rings. The minimum absolute atomic E-state index is 0.113. The zero-order valence-electron chi connectivity index (χ0n) is 10.4. The summed E-state index contributed by atoms with van der Waals surface area (Å²) in [5.41, 5.74) is 0. The maximum Gasteiger partial charge on any atom is 0.225 e. The van der Waals surface area contributed by atoms with Crippen molar-refractivity contribution in [2.24, 2.45) is 11.8 Å². The van der Waals surface area contributed by atoms with E-state index in [0.717, 1.165) is 38.5 Å². The molecule has 92 valence electrons. The van der Waals surface area contributed by atoms with Gasteiger partial charge in [0.05, 0.1) is 6.10 Å². The van der Waals surface area contributed by atoms with Crippen LogP contribution < -0.4 is 0 Å². The van der Waals surface area contributed by atoms with Gasteiger partial charge in [0.25, 0.3) is 0 Å². The van der Waals surface area contributed by atoms with Crippen LogP contribution in [0.1, 0.15) is 39.5 Å². The maximum atomic E-state index is 11.9. The van der Waals surface area contributed by atoms with Crippen molar-refractivity contribution in [1.29, 1.82) is 0 Å². The highest BCUT2D eigenvalue weighted by atomic mass is 16.5. The molecule has 3 nitrogen and oxygen atoms in total. The number of piperidine rings is 1. The highest BCUT2D eigenvalue weighted by molar-refractivity contribution is 5.78. The minimum atomic E-state index is 0.113. The Bertz CT molecular complexity index is 248. The maximum absolute atomic E-state index is 11.9. The van der Waals surface area contributed by atoms with Gasteiger partial charge in [-0.15, -0.1) is 0 Å². The van der Waals surface area contributed by atoms with Crippen LogP contribution in [0, 0.1) is 11.8 Å². The van der Waals surface area contributed by atoms with Gasteiger partial charge in [0.15, 0.2) is 0 Å². The fraction of sp³-hybridized carbons (Fsp3) is 0.923. The van der Waals surface area contributed by atoms with Gasteiger partial charge in [-0.2, -0.15) is 0 Å². The summed E-state index contributed by atoms with van der Waals surface area (Å²) in [6, 6.07) is 0. The number of hydrogen-bond acceptors (Lipinski definition) is 2. The van der Waals surface area contributed by atoms with Crippen molar-refractivity contribution in [2.75, 3.05) is 19.7 Å². The number of carbonyl (C=O) groups excluding carboxylic acids is 1. The summed E-state index contributed by atoms with van der Waals surface area (Å²) in [6.45, 7) is 6.58. The molecular formula is C13H23NO2. The third-order valence-corrected chi connectivity index (χ3v) is 3.45. The molecular weight excluding hydrogens is 202 g/mol. The summed E-state index contributed by atoms with van der Waals surface area (Å²) in [5, 5.41) is 0. The second-order valence-electron chi connectivity index (χ2n) is 5.48. The van der Waals surface area contributed by atoms with Gasteiger partial charge in [-0.05, 0) is 31.6 Å². The number of rotatable bonds is 4. The van der Waals surface area contributed by atoms with Gasteiger partial charge in [-0.3, -0.25) is 4.79 Å². The number of carbonyl (C=O) groups is 1. The van der Waals surface area contributed by atoms with Crippen molar-refractivity contribution in [2.45, 2.75) is 45.6 Å². The molecule has 1 atom stereocenters. The van der Waals surface area contributed by atoms with Gasteiger partial charge in [-0.1, -0.05) is 13.8 Å². The summed E-state index contributed by atoms with van der Waals surface area (Å²) < 4.78 is 5.87. The van der Waals surface area contributed by atoms with Crippen LogP contribution in [0.2, 0.25) is 0 Å².